The summed E-state index contributed by atoms with van der Waals surface area (Å²) in [7, 11) is 0. The molecule has 0 atom stereocenters. The molecule has 27 heavy (non-hydrogen) atoms. The predicted octanol–water partition coefficient (Wildman–Crippen LogP) is 2.29. The standard InChI is InChI=1S/C20H21FN4O2/c21-15-5-1-2-6-16(15)23-18(26)20(8-9-20)19(27)25-13-11-24(12-14-25)17-7-3-4-10-22-17/h1-7,10H,8-9,11-14H2,(H,23,26). The fourth-order valence-corrected chi connectivity index (χ4v) is 3.45. The quantitative estimate of drug-likeness (QED) is 0.841. The number of hydrogen-bond donors (Lipinski definition) is 1. The molecule has 1 saturated carbocycles. The predicted molar refractivity (Wildman–Crippen MR) is 99.7 cm³/mol. The smallest absolute Gasteiger partial charge is 0.240 e. The first kappa shape index (κ1) is 17.5. The van der Waals surface area contributed by atoms with E-state index >= 15 is 0 Å². The Kier molecular flexibility index (Phi) is 4.51. The number of nitrogens with one attached hydrogen (secondary N) is 1. The minimum atomic E-state index is -1.05. The van der Waals surface area contributed by atoms with Crippen LogP contribution in [0.25, 0.3) is 0 Å². The maximum absolute atomic E-state index is 13.8. The first-order chi connectivity index (χ1) is 13.1. The molecule has 6 nitrogen and oxygen atoms in total. The zero-order valence-corrected chi connectivity index (χ0v) is 14.9. The average Bonchev–Trinajstić information content (AvgIpc) is 3.52. The number of rotatable bonds is 4. The highest BCUT2D eigenvalue weighted by atomic mass is 19.1. The van der Waals surface area contributed by atoms with Gasteiger partial charge in [0.25, 0.3) is 0 Å². The Balaban J connectivity index is 1.39. The lowest BCUT2D eigenvalue weighted by Gasteiger charge is -2.36. The van der Waals surface area contributed by atoms with Crippen LogP contribution >= 0.6 is 0 Å². The van der Waals surface area contributed by atoms with Gasteiger partial charge in [-0.1, -0.05) is 18.2 Å². The van der Waals surface area contributed by atoms with E-state index in [-0.39, 0.29) is 11.6 Å². The first-order valence-electron chi connectivity index (χ1n) is 9.11. The van der Waals surface area contributed by atoms with E-state index in [0.29, 0.717) is 39.0 Å². The van der Waals surface area contributed by atoms with Crippen LogP contribution in [0.15, 0.2) is 48.7 Å². The van der Waals surface area contributed by atoms with Crippen LogP contribution in [0, 0.1) is 11.2 Å². The Labute approximate surface area is 157 Å². The van der Waals surface area contributed by atoms with Gasteiger partial charge in [0.15, 0.2) is 0 Å². The third-order valence-electron chi connectivity index (χ3n) is 5.26. The number of pyridine rings is 1. The third-order valence-corrected chi connectivity index (χ3v) is 5.26. The van der Waals surface area contributed by atoms with Crippen LogP contribution < -0.4 is 10.2 Å². The summed E-state index contributed by atoms with van der Waals surface area (Å²) in [5.74, 6) is -0.178. The van der Waals surface area contributed by atoms with Crippen molar-refractivity contribution < 1.29 is 14.0 Å². The molecule has 1 aliphatic carbocycles. The summed E-state index contributed by atoms with van der Waals surface area (Å²) in [5, 5.41) is 2.59. The van der Waals surface area contributed by atoms with E-state index in [1.165, 1.54) is 12.1 Å². The Hall–Kier alpha value is -2.96. The van der Waals surface area contributed by atoms with Crippen molar-refractivity contribution in [2.24, 2.45) is 5.41 Å². The van der Waals surface area contributed by atoms with Gasteiger partial charge in [-0.3, -0.25) is 9.59 Å². The second kappa shape index (κ2) is 6.98. The summed E-state index contributed by atoms with van der Waals surface area (Å²) >= 11 is 0. The molecule has 2 heterocycles. The van der Waals surface area contributed by atoms with Gasteiger partial charge in [-0.2, -0.15) is 0 Å². The van der Waals surface area contributed by atoms with E-state index < -0.39 is 17.1 Å². The van der Waals surface area contributed by atoms with Crippen LogP contribution in [0.4, 0.5) is 15.9 Å². The highest BCUT2D eigenvalue weighted by molar-refractivity contribution is 6.13. The summed E-state index contributed by atoms with van der Waals surface area (Å²) in [5.41, 5.74) is -0.934. The lowest BCUT2D eigenvalue weighted by molar-refractivity contribution is -0.142. The van der Waals surface area contributed by atoms with Crippen LogP contribution in [-0.2, 0) is 9.59 Å². The van der Waals surface area contributed by atoms with Gasteiger partial charge in [0, 0.05) is 32.4 Å². The highest BCUT2D eigenvalue weighted by Crippen LogP contribution is 2.48. The van der Waals surface area contributed by atoms with Crippen molar-refractivity contribution in [3.63, 3.8) is 0 Å². The van der Waals surface area contributed by atoms with Crippen molar-refractivity contribution in [2.75, 3.05) is 36.4 Å². The van der Waals surface area contributed by atoms with Gasteiger partial charge in [0.05, 0.1) is 5.69 Å². The SMILES string of the molecule is O=C(Nc1ccccc1F)C1(C(=O)N2CCN(c3ccccn3)CC2)CC1. The van der Waals surface area contributed by atoms with Crippen LogP contribution in [0.3, 0.4) is 0 Å². The number of para-hydroxylation sites is 1. The molecule has 1 aromatic heterocycles. The van der Waals surface area contributed by atoms with Crippen molar-refractivity contribution in [2.45, 2.75) is 12.8 Å². The lowest BCUT2D eigenvalue weighted by Crippen LogP contribution is -2.52. The van der Waals surface area contributed by atoms with E-state index in [1.807, 2.05) is 18.2 Å². The van der Waals surface area contributed by atoms with Gasteiger partial charge < -0.3 is 15.1 Å². The van der Waals surface area contributed by atoms with Crippen molar-refractivity contribution in [3.8, 4) is 0 Å². The number of nitrogens with zero attached hydrogens (tertiary/aromatic N) is 3. The van der Waals surface area contributed by atoms with Crippen LogP contribution in [-0.4, -0.2) is 47.9 Å². The Morgan fingerprint density at radius 3 is 2.33 bits per heavy atom. The third kappa shape index (κ3) is 3.37. The number of hydrogen-bond acceptors (Lipinski definition) is 4. The minimum absolute atomic E-state index is 0.113. The van der Waals surface area contributed by atoms with Crippen LogP contribution in [0.5, 0.6) is 0 Å². The summed E-state index contributed by atoms with van der Waals surface area (Å²) in [6.07, 6.45) is 2.76. The molecule has 1 aliphatic heterocycles. The second-order valence-electron chi connectivity index (χ2n) is 6.98. The fraction of sp³-hybridized carbons (Fsp3) is 0.350. The highest BCUT2D eigenvalue weighted by Gasteiger charge is 2.58. The zero-order valence-electron chi connectivity index (χ0n) is 14.9. The molecule has 7 heteroatoms. The summed E-state index contributed by atoms with van der Waals surface area (Å²) in [6, 6.07) is 11.7. The van der Waals surface area contributed by atoms with E-state index in [2.05, 4.69) is 15.2 Å². The minimum Gasteiger partial charge on any atom is -0.353 e. The number of benzene rings is 1. The molecule has 2 aliphatic rings. The molecule has 0 unspecified atom stereocenters. The first-order valence-corrected chi connectivity index (χ1v) is 9.11. The zero-order chi connectivity index (χ0) is 18.9. The molecule has 0 bridgehead atoms. The maximum atomic E-state index is 13.8. The number of aromatic nitrogens is 1. The molecule has 0 spiro atoms. The van der Waals surface area contributed by atoms with E-state index in [4.69, 9.17) is 0 Å². The van der Waals surface area contributed by atoms with Crippen LogP contribution in [0.1, 0.15) is 12.8 Å². The number of amides is 2. The Morgan fingerprint density at radius 1 is 1.00 bits per heavy atom. The van der Waals surface area contributed by atoms with E-state index in [0.717, 1.165) is 5.82 Å². The number of piperazine rings is 1. The number of halogens is 1. The van der Waals surface area contributed by atoms with Gasteiger partial charge in [-0.15, -0.1) is 0 Å². The molecule has 2 aromatic rings. The van der Waals surface area contributed by atoms with Crippen molar-refractivity contribution in [1.82, 2.24) is 9.88 Å². The van der Waals surface area contributed by atoms with Crippen LogP contribution in [0.2, 0.25) is 0 Å². The lowest BCUT2D eigenvalue weighted by atomic mass is 10.0. The fourth-order valence-electron chi connectivity index (χ4n) is 3.45. The molecule has 0 radical (unpaired) electrons. The average molecular weight is 368 g/mol. The molecule has 1 N–H and O–H groups in total. The normalized spacial score (nSPS) is 18.1. The number of carbonyl (C=O) groups is 2. The summed E-state index contributed by atoms with van der Waals surface area (Å²) in [4.78, 5) is 33.9. The van der Waals surface area contributed by atoms with Crippen molar-refractivity contribution in [3.05, 3.63) is 54.5 Å². The van der Waals surface area contributed by atoms with Gasteiger partial charge in [0.2, 0.25) is 11.8 Å². The molecular formula is C20H21FN4O2. The molecule has 1 aromatic carbocycles. The second-order valence-corrected chi connectivity index (χ2v) is 6.98. The molecule has 140 valence electrons. The number of anilines is 2. The number of carbonyl (C=O) groups excluding carboxylic acids is 2. The van der Waals surface area contributed by atoms with E-state index in [1.54, 1.807) is 23.2 Å². The van der Waals surface area contributed by atoms with Crippen molar-refractivity contribution >= 4 is 23.3 Å². The monoisotopic (exact) mass is 368 g/mol. The van der Waals surface area contributed by atoms with Crippen molar-refractivity contribution in [1.29, 1.82) is 0 Å². The van der Waals surface area contributed by atoms with E-state index in [9.17, 15) is 14.0 Å². The van der Waals surface area contributed by atoms with Gasteiger partial charge in [0.1, 0.15) is 17.1 Å². The Bertz CT molecular complexity index is 846. The molecule has 1 saturated heterocycles. The van der Waals surface area contributed by atoms with Gasteiger partial charge in [-0.05, 0) is 37.1 Å². The Morgan fingerprint density at radius 2 is 1.70 bits per heavy atom. The molecule has 4 rings (SSSR count). The molecule has 2 amide bonds. The topological polar surface area (TPSA) is 65.5 Å². The van der Waals surface area contributed by atoms with Gasteiger partial charge >= 0.3 is 0 Å². The largest absolute Gasteiger partial charge is 0.353 e. The van der Waals surface area contributed by atoms with Gasteiger partial charge in [-0.25, -0.2) is 9.37 Å². The summed E-state index contributed by atoms with van der Waals surface area (Å²) in [6.45, 7) is 2.44. The molecule has 2 fully saturated rings. The maximum Gasteiger partial charge on any atom is 0.240 e. The molecular weight excluding hydrogens is 347 g/mol. The summed E-state index contributed by atoms with van der Waals surface area (Å²) < 4.78 is 13.8.